The molecule has 0 spiro atoms. The van der Waals surface area contributed by atoms with E-state index in [0.717, 1.165) is 15.8 Å². The van der Waals surface area contributed by atoms with Gasteiger partial charge in [0.15, 0.2) is 0 Å². The van der Waals surface area contributed by atoms with Crippen LogP contribution in [0.2, 0.25) is 0 Å². The van der Waals surface area contributed by atoms with E-state index in [-0.39, 0.29) is 18.3 Å². The van der Waals surface area contributed by atoms with E-state index in [1.54, 1.807) is 18.9 Å². The van der Waals surface area contributed by atoms with Crippen LogP contribution in [0.1, 0.15) is 12.5 Å². The first-order valence-electron chi connectivity index (χ1n) is 7.39. The summed E-state index contributed by atoms with van der Waals surface area (Å²) in [5.41, 5.74) is 5.98. The smallest absolute Gasteiger partial charge is 0.246 e. The molecule has 0 fully saturated rings. The number of ether oxygens (including phenoxy) is 1. The van der Waals surface area contributed by atoms with Crippen molar-refractivity contribution >= 4 is 34.2 Å². The Hall–Kier alpha value is -1.56. The van der Waals surface area contributed by atoms with Crippen molar-refractivity contribution < 1.29 is 9.53 Å². The Balaban J connectivity index is 0.00000288. The van der Waals surface area contributed by atoms with Crippen molar-refractivity contribution in [1.82, 2.24) is 4.90 Å². The maximum Gasteiger partial charge on any atom is 0.246 e. The van der Waals surface area contributed by atoms with E-state index in [4.69, 9.17) is 10.5 Å². The fourth-order valence-electron chi connectivity index (χ4n) is 2.23. The third-order valence-corrected chi connectivity index (χ3v) is 4.20. The van der Waals surface area contributed by atoms with E-state index >= 15 is 0 Å². The van der Waals surface area contributed by atoms with Crippen LogP contribution >= 0.6 is 28.3 Å². The highest BCUT2D eigenvalue weighted by molar-refractivity contribution is 9.10. The molecular weight excluding hydrogens is 392 g/mol. The van der Waals surface area contributed by atoms with Gasteiger partial charge in [-0.25, -0.2) is 0 Å². The molecule has 0 saturated carbocycles. The quantitative estimate of drug-likeness (QED) is 0.787. The van der Waals surface area contributed by atoms with Crippen molar-refractivity contribution in [2.24, 2.45) is 5.73 Å². The van der Waals surface area contributed by atoms with Gasteiger partial charge in [-0.3, -0.25) is 4.79 Å². The number of hydrogen-bond acceptors (Lipinski definition) is 3. The van der Waals surface area contributed by atoms with Crippen LogP contribution in [0.25, 0.3) is 0 Å². The molecule has 6 heteroatoms. The summed E-state index contributed by atoms with van der Waals surface area (Å²) in [4.78, 5) is 14.2. The third-order valence-electron chi connectivity index (χ3n) is 3.67. The van der Waals surface area contributed by atoms with Gasteiger partial charge in [-0.1, -0.05) is 46.3 Å². The predicted octanol–water partition coefficient (Wildman–Crippen LogP) is 3.58. The second kappa shape index (κ2) is 9.06. The predicted molar refractivity (Wildman–Crippen MR) is 103 cm³/mol. The Morgan fingerprint density at radius 2 is 1.75 bits per heavy atom. The van der Waals surface area contributed by atoms with Crippen molar-refractivity contribution in [3.63, 3.8) is 0 Å². The topological polar surface area (TPSA) is 55.6 Å². The Morgan fingerprint density at radius 3 is 2.33 bits per heavy atom. The molecule has 2 aromatic carbocycles. The first-order valence-corrected chi connectivity index (χ1v) is 8.19. The zero-order valence-electron chi connectivity index (χ0n) is 13.7. The summed E-state index contributed by atoms with van der Waals surface area (Å²) in [6.45, 7) is 2.62. The van der Waals surface area contributed by atoms with E-state index in [2.05, 4.69) is 15.9 Å². The number of nitrogens with zero attached hydrogens (tertiary/aromatic N) is 1. The normalized spacial score (nSPS) is 12.7. The lowest BCUT2D eigenvalue weighted by atomic mass is 9.92. The van der Waals surface area contributed by atoms with Crippen LogP contribution in [0.4, 0.5) is 0 Å². The Labute approximate surface area is 157 Å². The molecule has 0 aliphatic heterocycles. The van der Waals surface area contributed by atoms with Crippen molar-refractivity contribution in [1.29, 1.82) is 0 Å². The first kappa shape index (κ1) is 20.5. The molecule has 2 aromatic rings. The molecule has 1 unspecified atom stereocenters. The Morgan fingerprint density at radius 1 is 1.17 bits per heavy atom. The van der Waals surface area contributed by atoms with E-state index in [1.807, 2.05) is 54.6 Å². The van der Waals surface area contributed by atoms with Crippen molar-refractivity contribution in [2.75, 3.05) is 20.2 Å². The highest BCUT2D eigenvalue weighted by Crippen LogP contribution is 2.22. The van der Waals surface area contributed by atoms with E-state index in [0.29, 0.717) is 13.2 Å². The van der Waals surface area contributed by atoms with Crippen molar-refractivity contribution in [2.45, 2.75) is 12.5 Å². The van der Waals surface area contributed by atoms with Gasteiger partial charge in [-0.2, -0.15) is 0 Å². The lowest BCUT2D eigenvalue weighted by Gasteiger charge is -2.29. The molecule has 0 aliphatic rings. The number of carbonyl (C=O) groups excluding carboxylic acids is 1. The molecule has 0 aromatic heterocycles. The van der Waals surface area contributed by atoms with E-state index < -0.39 is 5.54 Å². The number of benzene rings is 2. The number of amides is 1. The Bertz CT molecular complexity index is 648. The Kier molecular flexibility index (Phi) is 7.73. The minimum Gasteiger partial charge on any atom is -0.492 e. The van der Waals surface area contributed by atoms with Crippen molar-refractivity contribution in [3.8, 4) is 5.75 Å². The molecule has 4 nitrogen and oxygen atoms in total. The molecule has 0 bridgehead atoms. The highest BCUT2D eigenvalue weighted by atomic mass is 79.9. The second-order valence-electron chi connectivity index (χ2n) is 5.60. The summed E-state index contributed by atoms with van der Waals surface area (Å²) >= 11 is 3.38. The fraction of sp³-hybridized carbons (Fsp3) is 0.278. The van der Waals surface area contributed by atoms with Crippen LogP contribution in [-0.4, -0.2) is 31.0 Å². The molecule has 130 valence electrons. The summed E-state index contributed by atoms with van der Waals surface area (Å²) in [5.74, 6) is 0.647. The minimum absolute atomic E-state index is 0. The van der Waals surface area contributed by atoms with Crippen LogP contribution in [-0.2, 0) is 10.3 Å². The number of para-hydroxylation sites is 1. The first-order chi connectivity index (χ1) is 10.9. The van der Waals surface area contributed by atoms with E-state index in [1.165, 1.54) is 0 Å². The maximum atomic E-state index is 12.6. The van der Waals surface area contributed by atoms with Gasteiger partial charge in [0, 0.05) is 11.5 Å². The molecule has 0 radical (unpaired) electrons. The van der Waals surface area contributed by atoms with Gasteiger partial charge in [0.1, 0.15) is 17.9 Å². The molecule has 1 amide bonds. The van der Waals surface area contributed by atoms with Crippen LogP contribution in [0, 0.1) is 0 Å². The number of nitrogens with two attached hydrogens (primary N) is 1. The molecule has 2 N–H and O–H groups in total. The highest BCUT2D eigenvalue weighted by Gasteiger charge is 2.32. The SMILES string of the molecule is CN(CCOc1ccccc1)C(=O)C(C)(N)c1ccc(Br)cc1.Cl. The summed E-state index contributed by atoms with van der Waals surface area (Å²) < 4.78 is 6.57. The number of rotatable bonds is 6. The van der Waals surface area contributed by atoms with Crippen LogP contribution in [0.15, 0.2) is 59.1 Å². The number of hydrogen-bond donors (Lipinski definition) is 1. The van der Waals surface area contributed by atoms with Gasteiger partial charge in [-0.15, -0.1) is 12.4 Å². The second-order valence-corrected chi connectivity index (χ2v) is 6.51. The lowest BCUT2D eigenvalue weighted by molar-refractivity contribution is -0.135. The van der Waals surface area contributed by atoms with Crippen LogP contribution in [0.3, 0.4) is 0 Å². The van der Waals surface area contributed by atoms with Gasteiger partial charge < -0.3 is 15.4 Å². The molecule has 1 atom stereocenters. The largest absolute Gasteiger partial charge is 0.492 e. The standard InChI is InChI=1S/C18H21BrN2O2.ClH/c1-18(20,14-8-10-15(19)11-9-14)17(22)21(2)12-13-23-16-6-4-3-5-7-16;/h3-11H,12-13,20H2,1-2H3;1H. The van der Waals surface area contributed by atoms with Crippen LogP contribution in [0.5, 0.6) is 5.75 Å². The average Bonchev–Trinajstić information content (AvgIpc) is 2.55. The van der Waals surface area contributed by atoms with Crippen LogP contribution < -0.4 is 10.5 Å². The average molecular weight is 414 g/mol. The third kappa shape index (κ3) is 5.23. The monoisotopic (exact) mass is 412 g/mol. The fourth-order valence-corrected chi connectivity index (χ4v) is 2.50. The molecule has 0 aliphatic carbocycles. The summed E-state index contributed by atoms with van der Waals surface area (Å²) in [7, 11) is 1.74. The summed E-state index contributed by atoms with van der Waals surface area (Å²) in [5, 5.41) is 0. The number of halogens is 2. The number of likely N-dealkylation sites (N-methyl/N-ethyl adjacent to an activating group) is 1. The summed E-state index contributed by atoms with van der Waals surface area (Å²) in [6, 6.07) is 17.0. The minimum atomic E-state index is -1.07. The van der Waals surface area contributed by atoms with Gasteiger partial charge in [0.25, 0.3) is 0 Å². The maximum absolute atomic E-state index is 12.6. The zero-order chi connectivity index (χ0) is 16.9. The van der Waals surface area contributed by atoms with Gasteiger partial charge in [0.2, 0.25) is 5.91 Å². The molecule has 24 heavy (non-hydrogen) atoms. The molecular formula is C18H22BrClN2O2. The van der Waals surface area contributed by atoms with E-state index in [9.17, 15) is 4.79 Å². The van der Waals surface area contributed by atoms with Gasteiger partial charge in [0.05, 0.1) is 6.54 Å². The summed E-state index contributed by atoms with van der Waals surface area (Å²) in [6.07, 6.45) is 0. The zero-order valence-corrected chi connectivity index (χ0v) is 16.1. The van der Waals surface area contributed by atoms with Gasteiger partial charge in [-0.05, 0) is 36.8 Å². The lowest BCUT2D eigenvalue weighted by Crippen LogP contribution is -2.50. The van der Waals surface area contributed by atoms with Crippen molar-refractivity contribution in [3.05, 3.63) is 64.6 Å². The molecule has 0 saturated heterocycles. The number of carbonyl (C=O) groups is 1. The molecule has 2 rings (SSSR count). The molecule has 0 heterocycles. The van der Waals surface area contributed by atoms with Gasteiger partial charge >= 0.3 is 0 Å².